The lowest BCUT2D eigenvalue weighted by molar-refractivity contribution is 0.513. The lowest BCUT2D eigenvalue weighted by atomic mass is 10.2. The molecule has 2 heteroatoms. The Kier molecular flexibility index (Phi) is 1.82. The molecule has 0 N–H and O–H groups in total. The maximum atomic E-state index is 5.27. The second-order valence-electron chi connectivity index (χ2n) is 2.37. The Hall–Kier alpha value is -1.70. The van der Waals surface area contributed by atoms with Crippen LogP contribution in [0, 0.1) is 0 Å². The fourth-order valence-corrected chi connectivity index (χ4v) is 1.02. The zero-order valence-corrected chi connectivity index (χ0v) is 6.44. The molecule has 60 valence electrons. The Bertz CT molecular complexity index is 370. The Balaban J connectivity index is 2.83. The van der Waals surface area contributed by atoms with Gasteiger partial charge in [-0.1, -0.05) is 18.2 Å². The molecule has 0 saturated heterocycles. The minimum absolute atomic E-state index is 0.841. The predicted octanol–water partition coefficient (Wildman–Crippen LogP) is 3.15. The highest BCUT2D eigenvalue weighted by Crippen LogP contribution is 2.09. The second-order valence-corrected chi connectivity index (χ2v) is 2.37. The van der Waals surface area contributed by atoms with E-state index in [9.17, 15) is 0 Å². The van der Waals surface area contributed by atoms with E-state index in [4.69, 9.17) is 8.83 Å². The molecule has 0 spiro atoms. The molecule has 0 aliphatic carbocycles. The highest BCUT2D eigenvalue weighted by molar-refractivity contribution is 5.75. The van der Waals surface area contributed by atoms with E-state index >= 15 is 0 Å². The zero-order chi connectivity index (χ0) is 8.23. The number of hydrogen-bond acceptors (Lipinski definition) is 2. The Labute approximate surface area is 69.7 Å². The third-order valence-corrected chi connectivity index (χ3v) is 1.57. The summed E-state index contributed by atoms with van der Waals surface area (Å²) in [6.07, 6.45) is 4.63. The van der Waals surface area contributed by atoms with Crippen LogP contribution in [0.1, 0.15) is 0 Å². The molecule has 1 aromatic carbocycles. The number of benzene rings is 1. The van der Waals surface area contributed by atoms with Crippen molar-refractivity contribution < 1.29 is 8.83 Å². The van der Waals surface area contributed by atoms with Gasteiger partial charge in [0.25, 0.3) is 0 Å². The molecule has 12 heavy (non-hydrogen) atoms. The molecule has 2 aromatic rings. The smallest absolute Gasteiger partial charge is 0.134 e. The quantitative estimate of drug-likeness (QED) is 0.591. The summed E-state index contributed by atoms with van der Waals surface area (Å²) in [5.74, 6) is 0. The maximum Gasteiger partial charge on any atom is 0.134 e. The van der Waals surface area contributed by atoms with Crippen molar-refractivity contribution in [2.24, 2.45) is 0 Å². The van der Waals surface area contributed by atoms with Crippen LogP contribution in [0.2, 0.25) is 0 Å². The first kappa shape index (κ1) is 6.98. The van der Waals surface area contributed by atoms with Crippen LogP contribution in [0.4, 0.5) is 0 Å². The molecule has 0 bridgehead atoms. The van der Waals surface area contributed by atoms with Crippen LogP contribution in [0.15, 0.2) is 58.0 Å². The molecule has 0 radical (unpaired) electrons. The van der Waals surface area contributed by atoms with Crippen molar-refractivity contribution in [1.29, 1.82) is 0 Å². The van der Waals surface area contributed by atoms with Crippen LogP contribution in [0.5, 0.6) is 0 Å². The Morgan fingerprint density at radius 1 is 0.833 bits per heavy atom. The highest BCUT2D eigenvalue weighted by Gasteiger charge is 1.86. The van der Waals surface area contributed by atoms with Gasteiger partial charge < -0.3 is 8.83 Å². The van der Waals surface area contributed by atoms with Crippen LogP contribution < -0.4 is 0 Å². The Morgan fingerprint density at radius 3 is 2.75 bits per heavy atom. The molecule has 1 aromatic heterocycles. The van der Waals surface area contributed by atoms with Gasteiger partial charge in [-0.15, -0.1) is 0 Å². The van der Waals surface area contributed by atoms with Crippen molar-refractivity contribution >= 4 is 11.0 Å². The molecule has 0 unspecified atom stereocenters. The van der Waals surface area contributed by atoms with Gasteiger partial charge in [-0.05, 0) is 12.1 Å². The van der Waals surface area contributed by atoms with Crippen molar-refractivity contribution in [3.63, 3.8) is 0 Å². The van der Waals surface area contributed by atoms with E-state index in [1.54, 1.807) is 6.26 Å². The first-order chi connectivity index (χ1) is 5.97. The maximum absolute atomic E-state index is 5.27. The van der Waals surface area contributed by atoms with E-state index in [2.05, 4.69) is 0 Å². The van der Waals surface area contributed by atoms with Crippen LogP contribution in [-0.2, 0) is 0 Å². The minimum Gasteiger partial charge on any atom is -0.469 e. The van der Waals surface area contributed by atoms with E-state index in [0.717, 1.165) is 11.0 Å². The topological polar surface area (TPSA) is 26.3 Å². The van der Waals surface area contributed by atoms with Crippen LogP contribution in [0.3, 0.4) is 0 Å². The molecule has 0 saturated carbocycles. The van der Waals surface area contributed by atoms with Gasteiger partial charge >= 0.3 is 0 Å². The molecule has 0 amide bonds. The monoisotopic (exact) mass is 160 g/mol. The lowest BCUT2D eigenvalue weighted by Crippen LogP contribution is -1.65. The number of hydrogen-bond donors (Lipinski definition) is 0. The van der Waals surface area contributed by atoms with Crippen molar-refractivity contribution in [2.75, 3.05) is 0 Å². The van der Waals surface area contributed by atoms with E-state index in [0.29, 0.717) is 0 Å². The first-order valence-electron chi connectivity index (χ1n) is 3.69. The van der Waals surface area contributed by atoms with Gasteiger partial charge in [-0.25, -0.2) is 0 Å². The third-order valence-electron chi connectivity index (χ3n) is 1.57. The first-order valence-corrected chi connectivity index (χ1v) is 3.69. The van der Waals surface area contributed by atoms with Gasteiger partial charge in [-0.2, -0.15) is 0 Å². The predicted molar refractivity (Wildman–Crippen MR) is 46.1 cm³/mol. The third kappa shape index (κ3) is 1.32. The van der Waals surface area contributed by atoms with Crippen LogP contribution >= 0.6 is 0 Å². The van der Waals surface area contributed by atoms with E-state index in [1.165, 1.54) is 12.5 Å². The van der Waals surface area contributed by atoms with Crippen molar-refractivity contribution in [3.8, 4) is 0 Å². The minimum atomic E-state index is 0.841. The van der Waals surface area contributed by atoms with Crippen molar-refractivity contribution in [2.45, 2.75) is 0 Å². The fourth-order valence-electron chi connectivity index (χ4n) is 1.02. The van der Waals surface area contributed by atoms with Gasteiger partial charge in [0.1, 0.15) is 18.1 Å². The summed E-state index contributed by atoms with van der Waals surface area (Å²) in [6, 6.07) is 9.63. The number of para-hydroxylation sites is 1. The summed E-state index contributed by atoms with van der Waals surface area (Å²) in [4.78, 5) is 0. The summed E-state index contributed by atoms with van der Waals surface area (Å²) in [5, 5.41) is 1.02. The lowest BCUT2D eigenvalue weighted by Gasteiger charge is -1.90. The van der Waals surface area contributed by atoms with E-state index in [-0.39, 0.29) is 0 Å². The average molecular weight is 160 g/mol. The molecule has 2 rings (SSSR count). The zero-order valence-electron chi connectivity index (χ0n) is 6.44. The molecule has 0 atom stereocenters. The largest absolute Gasteiger partial charge is 0.469 e. The molecular weight excluding hydrogens is 152 g/mol. The standard InChI is InChI=1S/C10H8O2/c1-2-4-10-9(3-1)5-6-11-7-8-12-10/h1-8H. The summed E-state index contributed by atoms with van der Waals surface area (Å²) >= 11 is 0. The molecule has 0 fully saturated rings. The van der Waals surface area contributed by atoms with E-state index < -0.39 is 0 Å². The van der Waals surface area contributed by atoms with Crippen molar-refractivity contribution in [1.82, 2.24) is 0 Å². The average Bonchev–Trinajstić information content (AvgIpc) is 2.06. The van der Waals surface area contributed by atoms with Gasteiger partial charge in [0.05, 0.1) is 6.26 Å². The van der Waals surface area contributed by atoms with E-state index in [1.807, 2.05) is 30.3 Å². The summed E-state index contributed by atoms with van der Waals surface area (Å²) in [5.41, 5.74) is 0.841. The summed E-state index contributed by atoms with van der Waals surface area (Å²) < 4.78 is 10.2. The molecule has 1 heterocycles. The number of rotatable bonds is 0. The van der Waals surface area contributed by atoms with Crippen LogP contribution in [0.25, 0.3) is 11.0 Å². The molecule has 0 aliphatic heterocycles. The normalized spacial score (nSPS) is 9.67. The van der Waals surface area contributed by atoms with Crippen molar-refractivity contribution in [3.05, 3.63) is 49.1 Å². The molecule has 2 nitrogen and oxygen atoms in total. The second kappa shape index (κ2) is 3.13. The van der Waals surface area contributed by atoms with Gasteiger partial charge in [0, 0.05) is 5.39 Å². The number of fused-ring (bicyclic) bond motifs is 1. The SMILES string of the molecule is c1ccc2occoccc2c1. The van der Waals surface area contributed by atoms with Gasteiger partial charge in [0.2, 0.25) is 0 Å². The highest BCUT2D eigenvalue weighted by atomic mass is 16.4. The molecular formula is C10H8O2. The van der Waals surface area contributed by atoms with Gasteiger partial charge in [0.15, 0.2) is 0 Å². The molecule has 0 aliphatic rings. The van der Waals surface area contributed by atoms with Gasteiger partial charge in [-0.3, -0.25) is 0 Å². The van der Waals surface area contributed by atoms with Crippen LogP contribution in [-0.4, -0.2) is 0 Å². The summed E-state index contributed by atoms with van der Waals surface area (Å²) in [6.45, 7) is 0. The Morgan fingerprint density at radius 2 is 1.75 bits per heavy atom. The summed E-state index contributed by atoms with van der Waals surface area (Å²) in [7, 11) is 0. The fraction of sp³-hybridized carbons (Fsp3) is 0.